The van der Waals surface area contributed by atoms with E-state index in [1.54, 1.807) is 0 Å². The normalized spacial score (nSPS) is 19.6. The van der Waals surface area contributed by atoms with Gasteiger partial charge in [0.2, 0.25) is 0 Å². The number of nitrogens with one attached hydrogen (secondary N) is 1. The molecule has 3 N–H and O–H groups in total. The minimum Gasteiger partial charge on any atom is -0.329 e. The number of hydrogen-bond acceptors (Lipinski definition) is 2. The smallest absolute Gasteiger partial charge is 0.0307 e. The van der Waals surface area contributed by atoms with Gasteiger partial charge in [0.05, 0.1) is 0 Å². The van der Waals surface area contributed by atoms with E-state index in [-0.39, 0.29) is 5.54 Å². The van der Waals surface area contributed by atoms with Crippen LogP contribution >= 0.6 is 0 Å². The molecule has 1 aliphatic rings. The number of nitrogens with two attached hydrogens (primary N) is 1. The highest BCUT2D eigenvalue weighted by atomic mass is 15.0. The minimum atomic E-state index is 0.202. The van der Waals surface area contributed by atoms with Gasteiger partial charge in [-0.1, -0.05) is 49.6 Å². The highest BCUT2D eigenvalue weighted by Crippen LogP contribution is 2.27. The Bertz CT molecular complexity index is 302. The molecule has 0 radical (unpaired) electrons. The van der Waals surface area contributed by atoms with Gasteiger partial charge in [-0.05, 0) is 18.4 Å². The summed E-state index contributed by atoms with van der Waals surface area (Å²) in [5.41, 5.74) is 7.49. The molecule has 0 aliphatic heterocycles. The molecule has 1 aliphatic carbocycles. The lowest BCUT2D eigenvalue weighted by Crippen LogP contribution is -2.52. The van der Waals surface area contributed by atoms with Crippen LogP contribution < -0.4 is 11.1 Å². The molecule has 0 atom stereocenters. The number of benzene rings is 1. The molecule has 0 unspecified atom stereocenters. The Morgan fingerprint density at radius 1 is 1.06 bits per heavy atom. The third kappa shape index (κ3) is 2.83. The fourth-order valence-electron chi connectivity index (χ4n) is 2.57. The first-order valence-electron chi connectivity index (χ1n) is 6.34. The van der Waals surface area contributed by atoms with Crippen LogP contribution in [0.1, 0.15) is 37.7 Å². The fourth-order valence-corrected chi connectivity index (χ4v) is 2.57. The molecule has 0 amide bonds. The Morgan fingerprint density at radius 2 is 1.75 bits per heavy atom. The third-order valence-corrected chi connectivity index (χ3v) is 3.71. The van der Waals surface area contributed by atoms with Gasteiger partial charge < -0.3 is 11.1 Å². The zero-order chi connectivity index (χ0) is 11.3. The van der Waals surface area contributed by atoms with Crippen molar-refractivity contribution in [2.45, 2.75) is 44.2 Å². The predicted octanol–water partition coefficient (Wildman–Crippen LogP) is 2.44. The summed E-state index contributed by atoms with van der Waals surface area (Å²) in [7, 11) is 0. The molecule has 0 saturated heterocycles. The molecule has 0 heterocycles. The maximum atomic E-state index is 5.94. The molecule has 2 nitrogen and oxygen atoms in total. The van der Waals surface area contributed by atoms with Crippen LogP contribution in [0.15, 0.2) is 30.3 Å². The number of hydrogen-bond donors (Lipinski definition) is 2. The van der Waals surface area contributed by atoms with Gasteiger partial charge in [0.1, 0.15) is 0 Å². The van der Waals surface area contributed by atoms with Crippen molar-refractivity contribution >= 4 is 0 Å². The highest BCUT2D eigenvalue weighted by molar-refractivity contribution is 5.14. The van der Waals surface area contributed by atoms with E-state index in [0.717, 1.165) is 13.1 Å². The average molecular weight is 218 g/mol. The van der Waals surface area contributed by atoms with Crippen LogP contribution in [-0.2, 0) is 6.54 Å². The van der Waals surface area contributed by atoms with Gasteiger partial charge in [0.15, 0.2) is 0 Å². The Hall–Kier alpha value is -0.860. The summed E-state index contributed by atoms with van der Waals surface area (Å²) in [5, 5.41) is 3.68. The molecule has 2 heteroatoms. The first-order chi connectivity index (χ1) is 7.85. The molecular formula is C14H22N2. The van der Waals surface area contributed by atoms with E-state index in [9.17, 15) is 0 Å². The molecule has 1 fully saturated rings. The largest absolute Gasteiger partial charge is 0.329 e. The summed E-state index contributed by atoms with van der Waals surface area (Å²) in [4.78, 5) is 0. The zero-order valence-electron chi connectivity index (χ0n) is 9.91. The van der Waals surface area contributed by atoms with Gasteiger partial charge in [-0.3, -0.25) is 0 Å². The van der Waals surface area contributed by atoms with Crippen molar-refractivity contribution in [1.29, 1.82) is 0 Å². The Labute approximate surface area is 98.2 Å². The molecule has 1 aromatic carbocycles. The SMILES string of the molecule is NCC1(NCc2ccccc2)CCCCC1. The highest BCUT2D eigenvalue weighted by Gasteiger charge is 2.29. The van der Waals surface area contributed by atoms with Crippen LogP contribution in [0, 0.1) is 0 Å². The van der Waals surface area contributed by atoms with E-state index in [2.05, 4.69) is 35.6 Å². The maximum Gasteiger partial charge on any atom is 0.0307 e. The summed E-state index contributed by atoms with van der Waals surface area (Å²) >= 11 is 0. The third-order valence-electron chi connectivity index (χ3n) is 3.71. The van der Waals surface area contributed by atoms with Crippen molar-refractivity contribution in [3.63, 3.8) is 0 Å². The lowest BCUT2D eigenvalue weighted by molar-refractivity contribution is 0.236. The van der Waals surface area contributed by atoms with Crippen molar-refractivity contribution in [3.8, 4) is 0 Å². The van der Waals surface area contributed by atoms with Crippen LogP contribution in [0.4, 0.5) is 0 Å². The molecule has 2 rings (SSSR count). The van der Waals surface area contributed by atoms with Gasteiger partial charge in [0.25, 0.3) is 0 Å². The van der Waals surface area contributed by atoms with Crippen LogP contribution in [0.5, 0.6) is 0 Å². The van der Waals surface area contributed by atoms with E-state index in [1.807, 2.05) is 0 Å². The average Bonchev–Trinajstić information content (AvgIpc) is 2.39. The second kappa shape index (κ2) is 5.46. The van der Waals surface area contributed by atoms with Crippen molar-refractivity contribution in [2.24, 2.45) is 5.73 Å². The van der Waals surface area contributed by atoms with E-state index >= 15 is 0 Å². The maximum absolute atomic E-state index is 5.94. The number of rotatable bonds is 4. The Kier molecular flexibility index (Phi) is 3.97. The van der Waals surface area contributed by atoms with Crippen LogP contribution in [0.2, 0.25) is 0 Å². The topological polar surface area (TPSA) is 38.0 Å². The van der Waals surface area contributed by atoms with E-state index < -0.39 is 0 Å². The summed E-state index contributed by atoms with van der Waals surface area (Å²) in [6, 6.07) is 10.6. The van der Waals surface area contributed by atoms with Crippen LogP contribution in [0.25, 0.3) is 0 Å². The van der Waals surface area contributed by atoms with Crippen molar-refractivity contribution in [3.05, 3.63) is 35.9 Å². The summed E-state index contributed by atoms with van der Waals surface area (Å²) in [6.45, 7) is 1.71. The fraction of sp³-hybridized carbons (Fsp3) is 0.571. The Morgan fingerprint density at radius 3 is 2.38 bits per heavy atom. The quantitative estimate of drug-likeness (QED) is 0.814. The summed E-state index contributed by atoms with van der Waals surface area (Å²) in [6.07, 6.45) is 6.47. The van der Waals surface area contributed by atoms with Gasteiger partial charge in [-0.25, -0.2) is 0 Å². The molecule has 0 aromatic heterocycles. The van der Waals surface area contributed by atoms with E-state index in [0.29, 0.717) is 0 Å². The van der Waals surface area contributed by atoms with Gasteiger partial charge in [0, 0.05) is 18.6 Å². The first kappa shape index (κ1) is 11.6. The van der Waals surface area contributed by atoms with E-state index in [4.69, 9.17) is 5.73 Å². The molecule has 0 bridgehead atoms. The molecule has 1 aromatic rings. The second-order valence-corrected chi connectivity index (χ2v) is 4.88. The monoisotopic (exact) mass is 218 g/mol. The van der Waals surface area contributed by atoms with Gasteiger partial charge in [-0.15, -0.1) is 0 Å². The van der Waals surface area contributed by atoms with Gasteiger partial charge >= 0.3 is 0 Å². The lowest BCUT2D eigenvalue weighted by atomic mass is 9.81. The van der Waals surface area contributed by atoms with Crippen LogP contribution in [-0.4, -0.2) is 12.1 Å². The molecule has 1 saturated carbocycles. The summed E-state index contributed by atoms with van der Waals surface area (Å²) in [5.74, 6) is 0. The standard InChI is InChI=1S/C14H22N2/c15-12-14(9-5-2-6-10-14)16-11-13-7-3-1-4-8-13/h1,3-4,7-8,16H,2,5-6,9-12,15H2. The van der Waals surface area contributed by atoms with Gasteiger partial charge in [-0.2, -0.15) is 0 Å². The van der Waals surface area contributed by atoms with E-state index in [1.165, 1.54) is 37.7 Å². The molecular weight excluding hydrogens is 196 g/mol. The molecule has 0 spiro atoms. The predicted molar refractivity (Wildman–Crippen MR) is 68.2 cm³/mol. The van der Waals surface area contributed by atoms with Crippen molar-refractivity contribution < 1.29 is 0 Å². The lowest BCUT2D eigenvalue weighted by Gasteiger charge is -2.37. The molecule has 88 valence electrons. The summed E-state index contributed by atoms with van der Waals surface area (Å²) < 4.78 is 0. The minimum absolute atomic E-state index is 0.202. The zero-order valence-corrected chi connectivity index (χ0v) is 9.91. The second-order valence-electron chi connectivity index (χ2n) is 4.88. The van der Waals surface area contributed by atoms with Crippen molar-refractivity contribution in [2.75, 3.05) is 6.54 Å². The van der Waals surface area contributed by atoms with Crippen LogP contribution in [0.3, 0.4) is 0 Å². The molecule has 16 heavy (non-hydrogen) atoms. The first-order valence-corrected chi connectivity index (χ1v) is 6.34. The Balaban J connectivity index is 1.92. The van der Waals surface area contributed by atoms with Crippen molar-refractivity contribution in [1.82, 2.24) is 5.32 Å².